The summed E-state index contributed by atoms with van der Waals surface area (Å²) in [5.41, 5.74) is 0.840. The summed E-state index contributed by atoms with van der Waals surface area (Å²) in [6.45, 7) is 0. The maximum atomic E-state index is 8.41. The van der Waals surface area contributed by atoms with Crippen molar-refractivity contribution in [1.29, 1.82) is 0 Å². The number of aliphatic hydroxyl groups excluding tert-OH is 1. The van der Waals surface area contributed by atoms with Crippen molar-refractivity contribution >= 4 is 0 Å². The molecule has 1 aliphatic rings. The molecule has 0 bridgehead atoms. The van der Waals surface area contributed by atoms with Gasteiger partial charge in [0, 0.05) is 0 Å². The molecule has 0 fully saturated rings. The van der Waals surface area contributed by atoms with E-state index in [0.717, 1.165) is 18.3 Å². The molecule has 0 amide bonds. The first-order valence-corrected chi connectivity index (χ1v) is 2.51. The number of hydrogen-bond acceptors (Lipinski definition) is 1. The van der Waals surface area contributed by atoms with E-state index in [2.05, 4.69) is 6.08 Å². The van der Waals surface area contributed by atoms with Crippen LogP contribution in [0.4, 0.5) is 0 Å². The van der Waals surface area contributed by atoms with Crippen LogP contribution >= 0.6 is 0 Å². The second kappa shape index (κ2) is 2.36. The minimum Gasteiger partial charge on any atom is -0.515 e. The van der Waals surface area contributed by atoms with Crippen molar-refractivity contribution in [3.8, 4) is 0 Å². The van der Waals surface area contributed by atoms with Crippen molar-refractivity contribution in [3.05, 3.63) is 36.1 Å². The molecule has 0 atom stereocenters. The summed E-state index contributed by atoms with van der Waals surface area (Å²) in [6.07, 6.45) is 10.4. The van der Waals surface area contributed by atoms with Gasteiger partial charge in [-0.1, -0.05) is 18.2 Å². The molecule has 0 unspecified atom stereocenters. The second-order valence-corrected chi connectivity index (χ2v) is 1.60. The molecule has 1 heteroatoms. The Bertz CT molecular complexity index is 152. The molecule has 1 aliphatic carbocycles. The number of aliphatic hydroxyl groups is 1. The highest BCUT2D eigenvalue weighted by molar-refractivity contribution is 5.22. The molecular weight excluding hydrogens is 100 g/mol. The van der Waals surface area contributed by atoms with E-state index in [1.165, 1.54) is 0 Å². The van der Waals surface area contributed by atoms with Gasteiger partial charge in [-0.15, -0.1) is 0 Å². The van der Waals surface area contributed by atoms with Crippen LogP contribution in [0.25, 0.3) is 0 Å². The van der Waals surface area contributed by atoms with Crippen molar-refractivity contribution in [2.24, 2.45) is 0 Å². The molecule has 41 valence electrons. The zero-order chi connectivity index (χ0) is 5.82. The van der Waals surface area contributed by atoms with E-state index in [4.69, 9.17) is 5.11 Å². The standard InChI is InChI=1S/C7H7O/c8-6-7-4-2-1-3-5-7/h1-3,6,8H,4H2. The Morgan fingerprint density at radius 3 is 3.00 bits per heavy atom. The Morgan fingerprint density at radius 2 is 2.62 bits per heavy atom. The molecule has 1 radical (unpaired) electrons. The van der Waals surface area contributed by atoms with Gasteiger partial charge in [0.25, 0.3) is 0 Å². The van der Waals surface area contributed by atoms with Crippen LogP contribution in [-0.4, -0.2) is 5.11 Å². The van der Waals surface area contributed by atoms with Crippen LogP contribution < -0.4 is 0 Å². The van der Waals surface area contributed by atoms with Crippen LogP contribution in [0.15, 0.2) is 30.1 Å². The minimum absolute atomic E-state index is 0.799. The fourth-order valence-corrected chi connectivity index (χ4v) is 0.567. The van der Waals surface area contributed by atoms with Gasteiger partial charge in [-0.25, -0.2) is 0 Å². The summed E-state index contributed by atoms with van der Waals surface area (Å²) in [4.78, 5) is 0. The first-order valence-electron chi connectivity index (χ1n) is 2.51. The van der Waals surface area contributed by atoms with E-state index in [-0.39, 0.29) is 0 Å². The Kier molecular flexibility index (Phi) is 1.52. The van der Waals surface area contributed by atoms with E-state index in [9.17, 15) is 0 Å². The van der Waals surface area contributed by atoms with Gasteiger partial charge in [-0.3, -0.25) is 0 Å². The molecular formula is C7H7O. The molecule has 0 aromatic rings. The number of rotatable bonds is 0. The predicted octanol–water partition coefficient (Wildman–Crippen LogP) is 1.75. The maximum absolute atomic E-state index is 8.41. The summed E-state index contributed by atoms with van der Waals surface area (Å²) < 4.78 is 0. The Morgan fingerprint density at radius 1 is 1.75 bits per heavy atom. The number of hydrogen-bond donors (Lipinski definition) is 1. The highest BCUT2D eigenvalue weighted by Gasteiger charge is 1.90. The summed E-state index contributed by atoms with van der Waals surface area (Å²) >= 11 is 0. The average Bonchev–Trinajstić information content (AvgIpc) is 1.90. The monoisotopic (exact) mass is 107 g/mol. The third-order valence-electron chi connectivity index (χ3n) is 0.995. The van der Waals surface area contributed by atoms with E-state index in [1.54, 1.807) is 6.08 Å². The van der Waals surface area contributed by atoms with Crippen LogP contribution in [0.5, 0.6) is 0 Å². The molecule has 1 nitrogen and oxygen atoms in total. The van der Waals surface area contributed by atoms with E-state index < -0.39 is 0 Å². The van der Waals surface area contributed by atoms with Gasteiger partial charge >= 0.3 is 0 Å². The lowest BCUT2D eigenvalue weighted by Crippen LogP contribution is -1.79. The van der Waals surface area contributed by atoms with Gasteiger partial charge < -0.3 is 5.11 Å². The van der Waals surface area contributed by atoms with Crippen LogP contribution in [0.2, 0.25) is 0 Å². The van der Waals surface area contributed by atoms with Gasteiger partial charge in [-0.05, 0) is 18.1 Å². The van der Waals surface area contributed by atoms with Crippen molar-refractivity contribution < 1.29 is 5.11 Å². The molecule has 0 spiro atoms. The largest absolute Gasteiger partial charge is 0.515 e. The summed E-state index contributed by atoms with van der Waals surface area (Å²) in [6, 6.07) is 0. The Hall–Kier alpha value is -0.980. The van der Waals surface area contributed by atoms with Gasteiger partial charge in [0.05, 0.1) is 6.26 Å². The van der Waals surface area contributed by atoms with Crippen molar-refractivity contribution in [1.82, 2.24) is 0 Å². The van der Waals surface area contributed by atoms with Crippen LogP contribution in [0, 0.1) is 6.08 Å². The van der Waals surface area contributed by atoms with E-state index in [1.807, 2.05) is 12.2 Å². The lowest BCUT2D eigenvalue weighted by Gasteiger charge is -1.95. The SMILES string of the molecule is OC=C1[C]=CC=CC1. The van der Waals surface area contributed by atoms with Crippen molar-refractivity contribution in [3.63, 3.8) is 0 Å². The predicted molar refractivity (Wildman–Crippen MR) is 32.3 cm³/mol. The van der Waals surface area contributed by atoms with Gasteiger partial charge in [0.2, 0.25) is 0 Å². The molecule has 0 saturated heterocycles. The molecule has 0 aromatic heterocycles. The summed E-state index contributed by atoms with van der Waals surface area (Å²) in [5.74, 6) is 0. The zero-order valence-electron chi connectivity index (χ0n) is 4.46. The van der Waals surface area contributed by atoms with E-state index >= 15 is 0 Å². The molecule has 0 saturated carbocycles. The normalized spacial score (nSPS) is 22.2. The molecule has 8 heavy (non-hydrogen) atoms. The fourth-order valence-electron chi connectivity index (χ4n) is 0.567. The third kappa shape index (κ3) is 0.997. The van der Waals surface area contributed by atoms with E-state index in [0.29, 0.717) is 0 Å². The van der Waals surface area contributed by atoms with Crippen molar-refractivity contribution in [2.75, 3.05) is 0 Å². The van der Waals surface area contributed by atoms with Crippen LogP contribution in [0.1, 0.15) is 6.42 Å². The third-order valence-corrected chi connectivity index (χ3v) is 0.995. The van der Waals surface area contributed by atoms with Crippen LogP contribution in [0.3, 0.4) is 0 Å². The fraction of sp³-hybridized carbons (Fsp3) is 0.143. The lowest BCUT2D eigenvalue weighted by molar-refractivity contribution is 0.467. The highest BCUT2D eigenvalue weighted by Crippen LogP contribution is 2.06. The summed E-state index contributed by atoms with van der Waals surface area (Å²) in [7, 11) is 0. The molecule has 0 heterocycles. The summed E-state index contributed by atoms with van der Waals surface area (Å²) in [5, 5.41) is 8.41. The van der Waals surface area contributed by atoms with Gasteiger partial charge in [0.1, 0.15) is 0 Å². The van der Waals surface area contributed by atoms with Gasteiger partial charge in [0.15, 0.2) is 0 Å². The lowest BCUT2D eigenvalue weighted by atomic mass is 10.1. The smallest absolute Gasteiger partial charge is 0.0833 e. The number of allylic oxidation sites excluding steroid dienone is 5. The Labute approximate surface area is 48.6 Å². The molecule has 0 aliphatic heterocycles. The van der Waals surface area contributed by atoms with Crippen molar-refractivity contribution in [2.45, 2.75) is 6.42 Å². The molecule has 0 aromatic carbocycles. The zero-order valence-corrected chi connectivity index (χ0v) is 4.46. The maximum Gasteiger partial charge on any atom is 0.0833 e. The first-order chi connectivity index (χ1) is 3.93. The minimum atomic E-state index is 0.799. The molecule has 1 rings (SSSR count). The first kappa shape index (κ1) is 5.16. The molecule has 1 N–H and O–H groups in total. The quantitative estimate of drug-likeness (QED) is 0.467. The highest BCUT2D eigenvalue weighted by atomic mass is 16.2. The van der Waals surface area contributed by atoms with Crippen LogP contribution in [-0.2, 0) is 0 Å². The topological polar surface area (TPSA) is 20.2 Å². The Balaban J connectivity index is 2.66. The average molecular weight is 107 g/mol. The second-order valence-electron chi connectivity index (χ2n) is 1.60. The van der Waals surface area contributed by atoms with Gasteiger partial charge in [-0.2, -0.15) is 0 Å².